The van der Waals surface area contributed by atoms with Gasteiger partial charge < -0.3 is 98.4 Å². The first-order chi connectivity index (χ1) is 37.3. The van der Waals surface area contributed by atoms with Crippen LogP contribution in [0.2, 0.25) is 0 Å². The molecular formula is C49H78N18O12. The number of hydrogen-bond donors (Lipinski definition) is 18. The van der Waals surface area contributed by atoms with E-state index in [1.165, 1.54) is 24.3 Å². The Bertz CT molecular complexity index is 2430. The fourth-order valence-electron chi connectivity index (χ4n) is 7.54. The molecule has 79 heavy (non-hydrogen) atoms. The van der Waals surface area contributed by atoms with Gasteiger partial charge in [0.05, 0.1) is 19.1 Å². The Kier molecular flexibility index (Phi) is 29.2. The highest BCUT2D eigenvalue weighted by Gasteiger charge is 2.35. The molecular weight excluding hydrogens is 1030 g/mol. The van der Waals surface area contributed by atoms with Crippen LogP contribution in [0.3, 0.4) is 0 Å². The molecule has 436 valence electrons. The van der Waals surface area contributed by atoms with E-state index in [0.717, 1.165) is 0 Å². The molecule has 0 aliphatic heterocycles. The number of rotatable bonds is 36. The van der Waals surface area contributed by atoms with Gasteiger partial charge in [-0.3, -0.25) is 53.3 Å². The van der Waals surface area contributed by atoms with Crippen molar-refractivity contribution in [1.29, 1.82) is 0 Å². The zero-order chi connectivity index (χ0) is 59.2. The quantitative estimate of drug-likeness (QED) is 0.0172. The first-order valence-electron chi connectivity index (χ1n) is 25.3. The summed E-state index contributed by atoms with van der Waals surface area (Å²) in [5.74, 6) is -10.3. The number of carboxylic acids is 1. The van der Waals surface area contributed by atoms with Gasteiger partial charge in [0, 0.05) is 32.5 Å². The van der Waals surface area contributed by atoms with Crippen LogP contribution >= 0.6 is 0 Å². The molecule has 0 aliphatic rings. The van der Waals surface area contributed by atoms with Crippen LogP contribution in [0.1, 0.15) is 76.3 Å². The Hall–Kier alpha value is -8.80. The maximum absolute atomic E-state index is 14.4. The number of nitrogens with one attached hydrogen (secondary N) is 7. The van der Waals surface area contributed by atoms with Gasteiger partial charge in [-0.05, 0) is 74.1 Å². The highest BCUT2D eigenvalue weighted by molar-refractivity contribution is 5.99. The molecule has 2 aromatic carbocycles. The summed E-state index contributed by atoms with van der Waals surface area (Å²) in [6.45, 7) is 2.63. The van der Waals surface area contributed by atoms with Crippen molar-refractivity contribution in [2.24, 2.45) is 66.8 Å². The fourth-order valence-corrected chi connectivity index (χ4v) is 7.54. The van der Waals surface area contributed by atoms with Crippen molar-refractivity contribution in [3.63, 3.8) is 0 Å². The fraction of sp³-hybridized carbons (Fsp3) is 0.510. The topological polar surface area (TPSA) is 544 Å². The lowest BCUT2D eigenvalue weighted by Gasteiger charge is -2.28. The maximum atomic E-state index is 14.4. The van der Waals surface area contributed by atoms with Crippen LogP contribution in [-0.4, -0.2) is 161 Å². The number of phenols is 1. The van der Waals surface area contributed by atoms with Crippen LogP contribution in [-0.2, 0) is 56.0 Å². The number of aliphatic imine (C=N–C) groups is 3. The number of aliphatic hydroxyl groups excluding tert-OH is 1. The molecule has 30 heteroatoms. The summed E-state index contributed by atoms with van der Waals surface area (Å²) >= 11 is 0. The number of aliphatic hydroxyl groups is 1. The van der Waals surface area contributed by atoms with Gasteiger partial charge in [-0.25, -0.2) is 4.79 Å². The zero-order valence-electron chi connectivity index (χ0n) is 44.3. The average Bonchev–Trinajstić information content (AvgIpc) is 3.38. The van der Waals surface area contributed by atoms with E-state index in [0.29, 0.717) is 17.5 Å². The SMILES string of the molecule is CC(C)C[C@H](NC(=O)[C@H](Cc1ccc(O)cc1)NC(=O)[C@H](CCCN=C(N)N)NC(=O)[C@H](CC(N)=O)NC(=O)[C@H](CCCN=C(N)N)NC(=O)[C@@H](N)CCCN=C(N)N)C(=O)N[C@@H](CO)C(=O)N[C@@H](Cc1ccccc1)C(=O)O. The van der Waals surface area contributed by atoms with E-state index in [1.54, 1.807) is 44.2 Å². The van der Waals surface area contributed by atoms with Crippen LogP contribution in [0.25, 0.3) is 0 Å². The molecule has 0 aliphatic carbocycles. The van der Waals surface area contributed by atoms with Gasteiger partial charge in [0.2, 0.25) is 47.3 Å². The Morgan fingerprint density at radius 1 is 0.481 bits per heavy atom. The number of nitrogens with zero attached hydrogens (tertiary/aromatic N) is 3. The molecule has 0 spiro atoms. The first kappa shape index (κ1) is 66.3. The maximum Gasteiger partial charge on any atom is 0.326 e. The minimum absolute atomic E-state index is 0.0289. The molecule has 0 saturated carbocycles. The summed E-state index contributed by atoms with van der Waals surface area (Å²) in [7, 11) is 0. The van der Waals surface area contributed by atoms with Crippen molar-refractivity contribution < 1.29 is 58.5 Å². The van der Waals surface area contributed by atoms with E-state index < -0.39 is 115 Å². The van der Waals surface area contributed by atoms with E-state index >= 15 is 0 Å². The minimum atomic E-state index is -1.77. The second-order valence-corrected chi connectivity index (χ2v) is 18.8. The van der Waals surface area contributed by atoms with Crippen LogP contribution in [0.15, 0.2) is 69.6 Å². The number of carbonyl (C=O) groups excluding carboxylic acids is 8. The number of benzene rings is 2. The van der Waals surface area contributed by atoms with E-state index in [4.69, 9.17) is 45.9 Å². The van der Waals surface area contributed by atoms with Crippen LogP contribution in [0.4, 0.5) is 0 Å². The normalized spacial score (nSPS) is 13.9. The van der Waals surface area contributed by atoms with Gasteiger partial charge in [0.1, 0.15) is 48.0 Å². The molecule has 0 radical (unpaired) electrons. The predicted octanol–water partition coefficient (Wildman–Crippen LogP) is -5.94. The molecule has 0 saturated heterocycles. The van der Waals surface area contributed by atoms with Crippen LogP contribution in [0.5, 0.6) is 5.75 Å². The van der Waals surface area contributed by atoms with Gasteiger partial charge in [-0.1, -0.05) is 56.3 Å². The number of hydrogen-bond acceptors (Lipinski definition) is 15. The third-order valence-corrected chi connectivity index (χ3v) is 11.6. The third-order valence-electron chi connectivity index (χ3n) is 11.6. The summed E-state index contributed by atoms with van der Waals surface area (Å²) < 4.78 is 0. The molecule has 26 N–H and O–H groups in total. The molecule has 0 fully saturated rings. The molecule has 30 nitrogen and oxygen atoms in total. The van der Waals surface area contributed by atoms with Crippen molar-refractivity contribution in [3.8, 4) is 5.75 Å². The number of carboxylic acid groups (broad SMARTS) is 1. The lowest BCUT2D eigenvalue weighted by molar-refractivity contribution is -0.142. The van der Waals surface area contributed by atoms with Gasteiger partial charge in [-0.15, -0.1) is 0 Å². The van der Waals surface area contributed by atoms with Gasteiger partial charge in [0.15, 0.2) is 17.9 Å². The minimum Gasteiger partial charge on any atom is -0.508 e. The standard InChI is InChI=1S/C49H78N18O12/c1-26(2)21-33(42(74)67-37(25-68)45(77)66-36(46(78)79)23-27-9-4-3-5-10-27)63-43(75)34(22-28-14-16-29(69)17-15-28)64-41(73)32(13-8-20-60-49(56)57)62-44(76)35(24-38(51)70)65-40(72)31(12-7-19-59-48(54)55)61-39(71)30(50)11-6-18-58-47(52)53/h3-5,9-10,14-17,26,30-37,68-69H,6-8,11-13,18-25,50H2,1-2H3,(H2,51,70)(H,61,71)(H,62,76)(H,63,75)(H,64,73)(H,65,72)(H,66,77)(H,67,74)(H,78,79)(H4,52,53,58)(H4,54,55,59)(H4,56,57,60)/t30-,31-,32-,33-,34-,35-,36-,37-/m0/s1. The largest absolute Gasteiger partial charge is 0.508 e. The van der Waals surface area contributed by atoms with Crippen molar-refractivity contribution in [3.05, 3.63) is 65.7 Å². The molecule has 8 atom stereocenters. The van der Waals surface area contributed by atoms with Gasteiger partial charge in [-0.2, -0.15) is 0 Å². The van der Waals surface area contributed by atoms with Crippen molar-refractivity contribution in [1.82, 2.24) is 37.2 Å². The number of amides is 8. The lowest BCUT2D eigenvalue weighted by Crippen LogP contribution is -2.61. The highest BCUT2D eigenvalue weighted by Crippen LogP contribution is 2.14. The summed E-state index contributed by atoms with van der Waals surface area (Å²) in [6.07, 6.45) is -1.00. The molecule has 8 amide bonds. The summed E-state index contributed by atoms with van der Waals surface area (Å²) in [5.41, 5.74) is 45.2. The van der Waals surface area contributed by atoms with E-state index in [1.807, 2.05) is 0 Å². The average molecular weight is 1110 g/mol. The van der Waals surface area contributed by atoms with Crippen molar-refractivity contribution in [2.75, 3.05) is 26.2 Å². The monoisotopic (exact) mass is 1110 g/mol. The number of aliphatic carboxylic acids is 1. The second kappa shape index (κ2) is 34.8. The Morgan fingerprint density at radius 3 is 1.34 bits per heavy atom. The number of guanidine groups is 3. The van der Waals surface area contributed by atoms with Crippen molar-refractivity contribution in [2.45, 2.75) is 126 Å². The van der Waals surface area contributed by atoms with E-state index in [-0.39, 0.29) is 101 Å². The van der Waals surface area contributed by atoms with Crippen LogP contribution < -0.4 is 83.1 Å². The number of carbonyl (C=O) groups is 9. The molecule has 0 bridgehead atoms. The number of nitrogens with two attached hydrogens (primary N) is 8. The Labute approximate surface area is 456 Å². The molecule has 0 unspecified atom stereocenters. The highest BCUT2D eigenvalue weighted by atomic mass is 16.4. The molecule has 2 aromatic rings. The Morgan fingerprint density at radius 2 is 0.861 bits per heavy atom. The van der Waals surface area contributed by atoms with Crippen molar-refractivity contribution >= 4 is 71.1 Å². The van der Waals surface area contributed by atoms with Gasteiger partial charge in [0.25, 0.3) is 0 Å². The number of aromatic hydroxyl groups is 1. The number of phenolic OH excluding ortho intramolecular Hbond substituents is 1. The first-order valence-corrected chi connectivity index (χ1v) is 25.3. The second-order valence-electron chi connectivity index (χ2n) is 18.8. The molecule has 0 aromatic heterocycles. The van der Waals surface area contributed by atoms with Gasteiger partial charge >= 0.3 is 5.97 Å². The van der Waals surface area contributed by atoms with E-state index in [9.17, 15) is 58.5 Å². The summed E-state index contributed by atoms with van der Waals surface area (Å²) in [4.78, 5) is 134. The summed E-state index contributed by atoms with van der Waals surface area (Å²) in [6, 6.07) is 2.03. The predicted molar refractivity (Wildman–Crippen MR) is 291 cm³/mol. The molecule has 2 rings (SSSR count). The third kappa shape index (κ3) is 26.7. The van der Waals surface area contributed by atoms with Crippen LogP contribution in [0, 0.1) is 5.92 Å². The smallest absolute Gasteiger partial charge is 0.326 e. The molecule has 0 heterocycles. The number of primary amides is 1. The van der Waals surface area contributed by atoms with E-state index in [2.05, 4.69) is 52.2 Å². The summed E-state index contributed by atoms with van der Waals surface area (Å²) in [5, 5.41) is 47.4. The lowest BCUT2D eigenvalue weighted by atomic mass is 10.00. The zero-order valence-corrected chi connectivity index (χ0v) is 44.3. The Balaban J connectivity index is 2.50.